The first kappa shape index (κ1) is 13.8. The van der Waals surface area contributed by atoms with Crippen LogP contribution in [0.25, 0.3) is 0 Å². The Kier molecular flexibility index (Phi) is 4.33. The summed E-state index contributed by atoms with van der Waals surface area (Å²) >= 11 is 0. The zero-order valence-electron chi connectivity index (χ0n) is 9.63. The van der Waals surface area contributed by atoms with Crippen LogP contribution in [0.4, 0.5) is 11.4 Å². The van der Waals surface area contributed by atoms with Gasteiger partial charge in [0.15, 0.2) is 0 Å². The Hall–Kier alpha value is -1.31. The van der Waals surface area contributed by atoms with Crippen molar-refractivity contribution >= 4 is 21.4 Å². The van der Waals surface area contributed by atoms with Crippen molar-refractivity contribution in [1.82, 2.24) is 0 Å². The molecule has 0 aliphatic rings. The van der Waals surface area contributed by atoms with Crippen molar-refractivity contribution in [3.8, 4) is 0 Å². The van der Waals surface area contributed by atoms with Crippen molar-refractivity contribution in [2.45, 2.75) is 11.8 Å². The smallest absolute Gasteiger partial charge is 0.238 e. The van der Waals surface area contributed by atoms with Gasteiger partial charge in [-0.05, 0) is 25.1 Å². The van der Waals surface area contributed by atoms with E-state index >= 15 is 0 Å². The van der Waals surface area contributed by atoms with E-state index in [1.807, 2.05) is 6.92 Å². The summed E-state index contributed by atoms with van der Waals surface area (Å²) in [7, 11) is -3.74. The summed E-state index contributed by atoms with van der Waals surface area (Å²) in [6.07, 6.45) is 0. The Morgan fingerprint density at radius 3 is 2.53 bits per heavy atom. The lowest BCUT2D eigenvalue weighted by molar-refractivity contribution is 0.302. The number of nitrogen functional groups attached to an aromatic ring is 1. The second kappa shape index (κ2) is 5.35. The second-order valence-electron chi connectivity index (χ2n) is 3.57. The summed E-state index contributed by atoms with van der Waals surface area (Å²) in [5, 5.41) is 14.0. The molecule has 1 aromatic rings. The maximum absolute atomic E-state index is 11.2. The molecule has 0 atom stereocenters. The monoisotopic (exact) mass is 259 g/mol. The maximum atomic E-state index is 11.2. The van der Waals surface area contributed by atoms with Gasteiger partial charge in [0.1, 0.15) is 0 Å². The molecule has 0 heterocycles. The van der Waals surface area contributed by atoms with Crippen LogP contribution in [-0.2, 0) is 10.0 Å². The molecular weight excluding hydrogens is 242 g/mol. The summed E-state index contributed by atoms with van der Waals surface area (Å²) in [5.41, 5.74) is 6.80. The van der Waals surface area contributed by atoms with Gasteiger partial charge in [-0.2, -0.15) is 0 Å². The van der Waals surface area contributed by atoms with E-state index < -0.39 is 10.0 Å². The van der Waals surface area contributed by atoms with E-state index in [1.54, 1.807) is 4.90 Å². The van der Waals surface area contributed by atoms with Crippen molar-refractivity contribution in [2.24, 2.45) is 5.14 Å². The fourth-order valence-electron chi connectivity index (χ4n) is 1.54. The molecule has 5 N–H and O–H groups in total. The summed E-state index contributed by atoms with van der Waals surface area (Å²) in [5.74, 6) is 0. The summed E-state index contributed by atoms with van der Waals surface area (Å²) in [4.78, 5) is 1.79. The van der Waals surface area contributed by atoms with E-state index in [4.69, 9.17) is 16.0 Å². The molecule has 1 rings (SSSR count). The molecule has 0 aliphatic heterocycles. The number of benzene rings is 1. The Labute approximate surface area is 101 Å². The highest BCUT2D eigenvalue weighted by molar-refractivity contribution is 7.89. The van der Waals surface area contributed by atoms with Crippen molar-refractivity contribution in [3.63, 3.8) is 0 Å². The SMILES string of the molecule is CCN(CCO)c1cc(S(N)(=O)=O)ccc1N. The van der Waals surface area contributed by atoms with Crippen LogP contribution in [0, 0.1) is 0 Å². The number of hydrogen-bond donors (Lipinski definition) is 3. The molecule has 0 bridgehead atoms. The molecule has 1 aromatic carbocycles. The summed E-state index contributed by atoms with van der Waals surface area (Å²) < 4.78 is 22.5. The van der Waals surface area contributed by atoms with E-state index in [2.05, 4.69) is 0 Å². The fourth-order valence-corrected chi connectivity index (χ4v) is 2.08. The Morgan fingerprint density at radius 2 is 2.06 bits per heavy atom. The summed E-state index contributed by atoms with van der Waals surface area (Å²) in [6, 6.07) is 4.28. The number of aliphatic hydroxyl groups excluding tert-OH is 1. The third kappa shape index (κ3) is 3.32. The molecule has 0 saturated carbocycles. The highest BCUT2D eigenvalue weighted by Gasteiger charge is 2.13. The third-order valence-corrected chi connectivity index (χ3v) is 3.33. The van der Waals surface area contributed by atoms with Gasteiger partial charge in [0.2, 0.25) is 10.0 Å². The molecule has 0 spiro atoms. The molecular formula is C10H17N3O3S. The zero-order chi connectivity index (χ0) is 13.1. The highest BCUT2D eigenvalue weighted by Crippen LogP contribution is 2.25. The number of aliphatic hydroxyl groups is 1. The molecule has 0 radical (unpaired) electrons. The van der Waals surface area contributed by atoms with Crippen molar-refractivity contribution in [1.29, 1.82) is 0 Å². The average Bonchev–Trinajstić information content (AvgIpc) is 2.25. The number of rotatable bonds is 5. The minimum Gasteiger partial charge on any atom is -0.397 e. The normalized spacial score (nSPS) is 11.5. The van der Waals surface area contributed by atoms with Gasteiger partial charge in [0.05, 0.1) is 22.9 Å². The molecule has 17 heavy (non-hydrogen) atoms. The Morgan fingerprint density at radius 1 is 1.41 bits per heavy atom. The van der Waals surface area contributed by atoms with E-state index in [-0.39, 0.29) is 11.5 Å². The van der Waals surface area contributed by atoms with E-state index in [0.29, 0.717) is 24.5 Å². The summed E-state index contributed by atoms with van der Waals surface area (Å²) in [6.45, 7) is 2.85. The number of hydrogen-bond acceptors (Lipinski definition) is 5. The average molecular weight is 259 g/mol. The molecule has 0 fully saturated rings. The quantitative estimate of drug-likeness (QED) is 0.631. The van der Waals surface area contributed by atoms with Gasteiger partial charge in [0.25, 0.3) is 0 Å². The molecule has 0 unspecified atom stereocenters. The third-order valence-electron chi connectivity index (χ3n) is 2.42. The zero-order valence-corrected chi connectivity index (χ0v) is 10.4. The van der Waals surface area contributed by atoms with Gasteiger partial charge in [-0.15, -0.1) is 0 Å². The van der Waals surface area contributed by atoms with Crippen LogP contribution in [0.3, 0.4) is 0 Å². The Balaban J connectivity index is 3.22. The van der Waals surface area contributed by atoms with E-state index in [9.17, 15) is 8.42 Å². The Bertz CT molecular complexity index is 488. The molecule has 0 aliphatic carbocycles. The first-order valence-corrected chi connectivity index (χ1v) is 6.73. The van der Waals surface area contributed by atoms with Crippen molar-refractivity contribution in [2.75, 3.05) is 30.3 Å². The van der Waals surface area contributed by atoms with Crippen LogP contribution < -0.4 is 15.8 Å². The van der Waals surface area contributed by atoms with Crippen LogP contribution >= 0.6 is 0 Å². The van der Waals surface area contributed by atoms with Gasteiger partial charge in [-0.3, -0.25) is 0 Å². The molecule has 0 saturated heterocycles. The molecule has 6 nitrogen and oxygen atoms in total. The predicted molar refractivity (Wildman–Crippen MR) is 67.2 cm³/mol. The molecule has 7 heteroatoms. The van der Waals surface area contributed by atoms with Crippen LogP contribution in [0.2, 0.25) is 0 Å². The molecule has 0 aromatic heterocycles. The predicted octanol–water partition coefficient (Wildman–Crippen LogP) is -0.265. The second-order valence-corrected chi connectivity index (χ2v) is 5.13. The lowest BCUT2D eigenvalue weighted by Crippen LogP contribution is -2.27. The largest absolute Gasteiger partial charge is 0.397 e. The van der Waals surface area contributed by atoms with Gasteiger partial charge in [-0.1, -0.05) is 0 Å². The maximum Gasteiger partial charge on any atom is 0.238 e. The van der Waals surface area contributed by atoms with E-state index in [1.165, 1.54) is 18.2 Å². The van der Waals surface area contributed by atoms with Crippen LogP contribution in [0.5, 0.6) is 0 Å². The number of sulfonamides is 1. The first-order chi connectivity index (χ1) is 7.90. The highest BCUT2D eigenvalue weighted by atomic mass is 32.2. The number of primary sulfonamides is 1. The first-order valence-electron chi connectivity index (χ1n) is 5.18. The molecule has 96 valence electrons. The van der Waals surface area contributed by atoms with Gasteiger partial charge in [-0.25, -0.2) is 13.6 Å². The van der Waals surface area contributed by atoms with Crippen molar-refractivity contribution < 1.29 is 13.5 Å². The van der Waals surface area contributed by atoms with Crippen LogP contribution in [-0.4, -0.2) is 33.2 Å². The lowest BCUT2D eigenvalue weighted by Gasteiger charge is -2.24. The number of likely N-dealkylation sites (N-methyl/N-ethyl adjacent to an activating group) is 1. The topological polar surface area (TPSA) is 110 Å². The fraction of sp³-hybridized carbons (Fsp3) is 0.400. The lowest BCUT2D eigenvalue weighted by atomic mass is 10.2. The van der Waals surface area contributed by atoms with Crippen LogP contribution in [0.1, 0.15) is 6.92 Å². The van der Waals surface area contributed by atoms with Crippen LogP contribution in [0.15, 0.2) is 23.1 Å². The van der Waals surface area contributed by atoms with Gasteiger partial charge < -0.3 is 15.7 Å². The molecule has 0 amide bonds. The minimum absolute atomic E-state index is 0.0121. The standard InChI is InChI=1S/C10H17N3O3S/c1-2-13(5-6-14)10-7-8(17(12,15)16)3-4-9(10)11/h3-4,7,14H,2,5-6,11H2,1H3,(H2,12,15,16). The van der Waals surface area contributed by atoms with Gasteiger partial charge in [0, 0.05) is 13.1 Å². The van der Waals surface area contributed by atoms with Gasteiger partial charge >= 0.3 is 0 Å². The number of anilines is 2. The van der Waals surface area contributed by atoms with E-state index in [0.717, 1.165) is 0 Å². The van der Waals surface area contributed by atoms with Crippen molar-refractivity contribution in [3.05, 3.63) is 18.2 Å². The minimum atomic E-state index is -3.74. The number of nitrogens with zero attached hydrogens (tertiary/aromatic N) is 1. The number of nitrogens with two attached hydrogens (primary N) is 2.